The van der Waals surface area contributed by atoms with Crippen molar-refractivity contribution in [3.05, 3.63) is 79.8 Å². The minimum absolute atomic E-state index is 0.0748. The molecule has 0 unspecified atom stereocenters. The molecule has 7 atom stereocenters. The zero-order valence-electron chi connectivity index (χ0n) is 41.5. The minimum Gasteiger partial charge on any atom is -0.512 e. The number of methoxy groups -OCH3 is 1. The molecule has 3 aromatic heterocycles. The van der Waals surface area contributed by atoms with Gasteiger partial charge in [0.1, 0.15) is 18.3 Å². The van der Waals surface area contributed by atoms with Gasteiger partial charge in [0, 0.05) is 74.2 Å². The Balaban J connectivity index is 1.25. The van der Waals surface area contributed by atoms with E-state index in [1.165, 1.54) is 57.6 Å². The van der Waals surface area contributed by atoms with Gasteiger partial charge in [-0.15, -0.1) is 0 Å². The van der Waals surface area contributed by atoms with Crippen LogP contribution in [-0.2, 0) is 19.1 Å². The first-order valence-corrected chi connectivity index (χ1v) is 24.7. The highest BCUT2D eigenvalue weighted by Crippen LogP contribution is 2.46. The molecule has 0 fully saturated rings. The Morgan fingerprint density at radius 3 is 2.05 bits per heavy atom. The fourth-order valence-corrected chi connectivity index (χ4v) is 10.8. The van der Waals surface area contributed by atoms with Crippen molar-refractivity contribution >= 4 is 45.5 Å². The number of fused-ring (bicyclic) bond motifs is 8. The minimum atomic E-state index is -1.09. The van der Waals surface area contributed by atoms with Crippen LogP contribution in [0.25, 0.3) is 33.6 Å². The average Bonchev–Trinajstić information content (AvgIpc) is 4.00. The maximum Gasteiger partial charge on any atom is 0.321 e. The summed E-state index contributed by atoms with van der Waals surface area (Å²) in [7, 11) is 1.33. The maximum atomic E-state index is 13.7. The molecule has 0 aromatic carbocycles. The molecule has 0 amide bonds. The summed E-state index contributed by atoms with van der Waals surface area (Å²) < 4.78 is 11.1. The Labute approximate surface area is 387 Å². The largest absolute Gasteiger partial charge is 0.512 e. The Hall–Kier alpha value is -4.86. The summed E-state index contributed by atoms with van der Waals surface area (Å²) in [5.74, 6) is 0.302. The predicted molar refractivity (Wildman–Crippen MR) is 264 cm³/mol. The molecular formula is C55H78N4O6. The number of aromatic nitrogens is 4. The summed E-state index contributed by atoms with van der Waals surface area (Å²) in [4.78, 5) is 44.8. The van der Waals surface area contributed by atoms with E-state index in [0.29, 0.717) is 34.3 Å². The second-order valence-corrected chi connectivity index (χ2v) is 20.4. The van der Waals surface area contributed by atoms with Crippen molar-refractivity contribution in [2.75, 3.05) is 13.7 Å². The van der Waals surface area contributed by atoms with E-state index < -0.39 is 11.9 Å². The first-order chi connectivity index (χ1) is 30.9. The highest BCUT2D eigenvalue weighted by Gasteiger charge is 2.42. The molecule has 10 nitrogen and oxygen atoms in total. The fraction of sp³-hybridized carbons (Fsp3) is 0.600. The molecule has 65 heavy (non-hydrogen) atoms. The average molecular weight is 891 g/mol. The zero-order valence-corrected chi connectivity index (χ0v) is 41.5. The van der Waals surface area contributed by atoms with E-state index in [9.17, 15) is 19.8 Å². The predicted octanol–water partition coefficient (Wildman–Crippen LogP) is 12.4. The van der Waals surface area contributed by atoms with Crippen LogP contribution in [0.4, 0.5) is 0 Å². The van der Waals surface area contributed by atoms with Crippen molar-refractivity contribution in [1.29, 1.82) is 0 Å². The van der Waals surface area contributed by atoms with Crippen LogP contribution >= 0.6 is 0 Å². The number of carbonyl (C=O) groups excluding carboxylic acids is 2. The lowest BCUT2D eigenvalue weighted by atomic mass is 9.84. The lowest BCUT2D eigenvalue weighted by molar-refractivity contribution is -0.143. The van der Waals surface area contributed by atoms with Gasteiger partial charge in [0.15, 0.2) is 0 Å². The van der Waals surface area contributed by atoms with Crippen LogP contribution in [0.2, 0.25) is 0 Å². The van der Waals surface area contributed by atoms with Gasteiger partial charge in [-0.3, -0.25) is 19.6 Å². The number of rotatable bonds is 19. The Bertz CT molecular complexity index is 2540. The molecule has 10 heteroatoms. The van der Waals surface area contributed by atoms with E-state index in [1.54, 1.807) is 6.92 Å². The van der Waals surface area contributed by atoms with Crippen molar-refractivity contribution in [3.63, 3.8) is 0 Å². The summed E-state index contributed by atoms with van der Waals surface area (Å²) >= 11 is 0. The molecule has 0 saturated heterocycles. The zero-order chi connectivity index (χ0) is 47.3. The summed E-state index contributed by atoms with van der Waals surface area (Å²) in [6.45, 7) is 23.8. The highest BCUT2D eigenvalue weighted by molar-refractivity contribution is 5.96. The van der Waals surface area contributed by atoms with E-state index in [1.807, 2.05) is 26.0 Å². The molecule has 2 aliphatic heterocycles. The number of esters is 2. The molecule has 1 aliphatic carbocycles. The van der Waals surface area contributed by atoms with Gasteiger partial charge >= 0.3 is 11.9 Å². The summed E-state index contributed by atoms with van der Waals surface area (Å²) in [5, 5.41) is 24.2. The number of nitrogens with zero attached hydrogens (tertiary/aromatic N) is 2. The lowest BCUT2D eigenvalue weighted by Gasteiger charge is -2.19. The monoisotopic (exact) mass is 891 g/mol. The third-order valence-corrected chi connectivity index (χ3v) is 14.9. The number of ether oxygens (including phenoxy) is 2. The molecule has 6 rings (SSSR count). The second-order valence-electron chi connectivity index (χ2n) is 20.4. The molecule has 354 valence electrons. The van der Waals surface area contributed by atoms with Crippen molar-refractivity contribution in [1.82, 2.24) is 19.9 Å². The van der Waals surface area contributed by atoms with Gasteiger partial charge in [-0.05, 0) is 107 Å². The van der Waals surface area contributed by atoms with Gasteiger partial charge in [0.2, 0.25) is 0 Å². The van der Waals surface area contributed by atoms with E-state index in [2.05, 4.69) is 77.5 Å². The Morgan fingerprint density at radius 1 is 0.800 bits per heavy atom. The number of H-pyrrole nitrogens is 2. The van der Waals surface area contributed by atoms with E-state index >= 15 is 0 Å². The number of carbonyl (C=O) groups is 2. The Kier molecular flexibility index (Phi) is 16.5. The van der Waals surface area contributed by atoms with Crippen molar-refractivity contribution < 1.29 is 29.3 Å². The molecule has 0 saturated carbocycles. The van der Waals surface area contributed by atoms with Gasteiger partial charge in [-0.1, -0.05) is 99.0 Å². The van der Waals surface area contributed by atoms with Crippen LogP contribution in [0.5, 0.6) is 0 Å². The molecule has 3 aromatic rings. The quantitative estimate of drug-likeness (QED) is 0.0686. The SMILES string of the molecule is CC[C@H]1c2cc3[nH]c4c(c5nc(cc6[nH]c(cc(n2)[C@@H]1C)c(=C(C)O)c6C)[C@@H](C)[C@@H]5CCC(=O)OC/C=C(/C)CCC[C@H](C)CCC[C@H](C)CCCC(C)C)[C@@H](C(=O)OC)C(O)=c4c3C. The number of aliphatic hydroxyl groups is 2. The normalized spacial score (nSPS) is 20.9. The fourth-order valence-electron chi connectivity index (χ4n) is 10.8. The number of nitrogens with one attached hydrogen (secondary N) is 2. The third-order valence-electron chi connectivity index (χ3n) is 14.9. The van der Waals surface area contributed by atoms with E-state index in [0.717, 1.165) is 81.1 Å². The van der Waals surface area contributed by atoms with E-state index in [-0.39, 0.29) is 54.2 Å². The third kappa shape index (κ3) is 11.1. The standard InChI is InChI=1S/C55H78N4O6/c1-13-39-34(7)41-29-46-48(38(11)60)36(9)43(57-46)27-42-35(8)40(52(58-42)50-51(55(63)64-12)54(62)49-37(10)44(59-53(49)50)28-45(39)56-41)23-24-47(61)65-26-25-33(6)22-16-21-32(5)20-15-19-31(4)18-14-17-30(2)3/h25,27-32,34-35,39-40,51,57,59-60,62H,13-24,26H2,1-12H3/b33-25-,42-27?,45-28?,46-29?,48-38?/t31-,32-,34-,35+,39-,40+,51-/m1/s1. The second kappa shape index (κ2) is 21.6. The number of allylic oxidation sites excluding steroid dienone is 1. The summed E-state index contributed by atoms with van der Waals surface area (Å²) in [6, 6.07) is 6.12. The molecule has 3 aliphatic rings. The van der Waals surface area contributed by atoms with Crippen LogP contribution < -0.4 is 10.4 Å². The van der Waals surface area contributed by atoms with Gasteiger partial charge in [0.05, 0.1) is 29.6 Å². The molecule has 0 radical (unpaired) electrons. The lowest BCUT2D eigenvalue weighted by Crippen LogP contribution is -2.18. The molecular weight excluding hydrogens is 813 g/mol. The smallest absolute Gasteiger partial charge is 0.321 e. The molecule has 5 heterocycles. The van der Waals surface area contributed by atoms with Gasteiger partial charge in [-0.2, -0.15) is 0 Å². The van der Waals surface area contributed by atoms with Gasteiger partial charge in [-0.25, -0.2) is 0 Å². The molecule has 0 spiro atoms. The van der Waals surface area contributed by atoms with Crippen LogP contribution in [0, 0.1) is 31.6 Å². The number of aliphatic hydroxyl groups excluding tert-OH is 2. The van der Waals surface area contributed by atoms with Crippen molar-refractivity contribution in [2.45, 2.75) is 183 Å². The van der Waals surface area contributed by atoms with E-state index in [4.69, 9.17) is 19.4 Å². The van der Waals surface area contributed by atoms with Crippen LogP contribution in [-0.4, -0.2) is 55.8 Å². The van der Waals surface area contributed by atoms with Crippen molar-refractivity contribution in [3.8, 4) is 0 Å². The number of hydrogen-bond donors (Lipinski definition) is 4. The number of aromatic amines is 2. The van der Waals surface area contributed by atoms with Gasteiger partial charge in [0.25, 0.3) is 0 Å². The number of hydrogen-bond acceptors (Lipinski definition) is 8. The van der Waals surface area contributed by atoms with Gasteiger partial charge < -0.3 is 29.7 Å². The topological polar surface area (TPSA) is 150 Å². The molecule has 8 bridgehead atoms. The summed E-state index contributed by atoms with van der Waals surface area (Å²) in [5.41, 5.74) is 9.71. The summed E-state index contributed by atoms with van der Waals surface area (Å²) in [6.07, 6.45) is 14.8. The van der Waals surface area contributed by atoms with Crippen molar-refractivity contribution in [2.24, 2.45) is 17.8 Å². The highest BCUT2D eigenvalue weighted by atomic mass is 16.5. The van der Waals surface area contributed by atoms with Crippen LogP contribution in [0.3, 0.4) is 0 Å². The van der Waals surface area contributed by atoms with Crippen LogP contribution in [0.1, 0.15) is 208 Å². The maximum absolute atomic E-state index is 13.7. The Morgan fingerprint density at radius 2 is 1.40 bits per heavy atom. The first kappa shape index (κ1) is 49.6. The molecule has 4 N–H and O–H groups in total. The van der Waals surface area contributed by atoms with Crippen LogP contribution in [0.15, 0.2) is 29.8 Å². The number of aryl methyl sites for hydroxylation is 2. The first-order valence-electron chi connectivity index (χ1n) is 24.7.